The Kier molecular flexibility index (Phi) is 4.40. The maximum atomic E-state index is 12.1. The molecule has 0 bridgehead atoms. The lowest BCUT2D eigenvalue weighted by Crippen LogP contribution is -2.39. The topological polar surface area (TPSA) is 52.3 Å². The molecule has 2 N–H and O–H groups in total. The van der Waals surface area contributed by atoms with Gasteiger partial charge in [0.15, 0.2) is 0 Å². The number of benzene rings is 2. The zero-order valence-corrected chi connectivity index (χ0v) is 12.1. The van der Waals surface area contributed by atoms with Crippen LogP contribution in [0, 0.1) is 5.41 Å². The van der Waals surface area contributed by atoms with Gasteiger partial charge in [-0.1, -0.05) is 42.5 Å². The molecule has 0 fully saturated rings. The Morgan fingerprint density at radius 2 is 1.90 bits per heavy atom. The van der Waals surface area contributed by atoms with Crippen LogP contribution in [0.1, 0.15) is 19.4 Å². The van der Waals surface area contributed by atoms with Gasteiger partial charge in [-0.05, 0) is 36.6 Å². The van der Waals surface area contributed by atoms with Gasteiger partial charge in [-0.15, -0.1) is 0 Å². The van der Waals surface area contributed by atoms with Gasteiger partial charge in [-0.2, -0.15) is 0 Å². The lowest BCUT2D eigenvalue weighted by atomic mass is 9.82. The number of fused-ring (bicyclic) bond motifs is 1. The minimum Gasteiger partial charge on any atom is -0.466 e. The van der Waals surface area contributed by atoms with Crippen LogP contribution in [0.2, 0.25) is 0 Å². The fourth-order valence-corrected chi connectivity index (χ4v) is 2.40. The van der Waals surface area contributed by atoms with Crippen molar-refractivity contribution in [3.05, 3.63) is 48.0 Å². The van der Waals surface area contributed by atoms with E-state index in [1.807, 2.05) is 32.0 Å². The van der Waals surface area contributed by atoms with Crippen molar-refractivity contribution in [2.75, 3.05) is 13.2 Å². The highest BCUT2D eigenvalue weighted by atomic mass is 16.5. The molecular weight excluding hydrogens is 250 g/mol. The lowest BCUT2D eigenvalue weighted by Gasteiger charge is -2.26. The molecule has 0 saturated heterocycles. The number of esters is 1. The Labute approximate surface area is 119 Å². The molecule has 3 heteroatoms. The Hall–Kier alpha value is -1.87. The highest BCUT2D eigenvalue weighted by molar-refractivity contribution is 5.86. The monoisotopic (exact) mass is 271 g/mol. The molecule has 106 valence electrons. The zero-order valence-electron chi connectivity index (χ0n) is 12.1. The lowest BCUT2D eigenvalue weighted by molar-refractivity contribution is -0.153. The van der Waals surface area contributed by atoms with Gasteiger partial charge in [0.2, 0.25) is 0 Å². The van der Waals surface area contributed by atoms with Crippen LogP contribution < -0.4 is 5.73 Å². The maximum Gasteiger partial charge on any atom is 0.313 e. The van der Waals surface area contributed by atoms with Crippen LogP contribution >= 0.6 is 0 Å². The minimum absolute atomic E-state index is 0.226. The molecule has 0 heterocycles. The Bertz CT molecular complexity index is 603. The predicted molar refractivity (Wildman–Crippen MR) is 81.4 cm³/mol. The predicted octanol–water partition coefficient (Wildman–Crippen LogP) is 2.91. The first-order valence-corrected chi connectivity index (χ1v) is 6.94. The van der Waals surface area contributed by atoms with Crippen molar-refractivity contribution in [3.63, 3.8) is 0 Å². The third-order valence-electron chi connectivity index (χ3n) is 3.68. The third kappa shape index (κ3) is 2.83. The molecule has 1 atom stereocenters. The highest BCUT2D eigenvalue weighted by Gasteiger charge is 2.33. The smallest absolute Gasteiger partial charge is 0.313 e. The van der Waals surface area contributed by atoms with Gasteiger partial charge in [-0.3, -0.25) is 4.79 Å². The van der Waals surface area contributed by atoms with Gasteiger partial charge in [0.05, 0.1) is 12.0 Å². The number of hydrogen-bond acceptors (Lipinski definition) is 3. The largest absolute Gasteiger partial charge is 0.466 e. The van der Waals surface area contributed by atoms with Crippen molar-refractivity contribution in [2.24, 2.45) is 11.1 Å². The molecule has 3 nitrogen and oxygen atoms in total. The van der Waals surface area contributed by atoms with E-state index in [1.165, 1.54) is 10.8 Å². The molecule has 0 saturated carbocycles. The van der Waals surface area contributed by atoms with Crippen molar-refractivity contribution < 1.29 is 9.53 Å². The molecule has 20 heavy (non-hydrogen) atoms. The first-order valence-electron chi connectivity index (χ1n) is 6.94. The van der Waals surface area contributed by atoms with E-state index in [0.29, 0.717) is 13.0 Å². The molecule has 0 aliphatic heterocycles. The van der Waals surface area contributed by atoms with Crippen LogP contribution in [0.25, 0.3) is 10.8 Å². The fraction of sp³-hybridized carbons (Fsp3) is 0.353. The number of carbonyl (C=O) groups is 1. The van der Waals surface area contributed by atoms with Gasteiger partial charge in [0, 0.05) is 6.54 Å². The van der Waals surface area contributed by atoms with Gasteiger partial charge in [-0.25, -0.2) is 0 Å². The van der Waals surface area contributed by atoms with E-state index in [9.17, 15) is 4.79 Å². The van der Waals surface area contributed by atoms with E-state index in [4.69, 9.17) is 10.5 Å². The first kappa shape index (κ1) is 14.5. The van der Waals surface area contributed by atoms with Crippen molar-refractivity contribution in [2.45, 2.75) is 20.3 Å². The molecule has 0 amide bonds. The standard InChI is InChI=1S/C17H21NO2/c1-3-20-16(19)17(2,12-18)11-14-9-6-8-13-7-4-5-10-15(13)14/h4-10H,3,11-12,18H2,1-2H3. The van der Waals surface area contributed by atoms with Crippen molar-refractivity contribution >= 4 is 16.7 Å². The molecule has 0 spiro atoms. The Morgan fingerprint density at radius 1 is 1.20 bits per heavy atom. The summed E-state index contributed by atoms with van der Waals surface area (Å²) in [5.41, 5.74) is 6.28. The third-order valence-corrected chi connectivity index (χ3v) is 3.68. The fourth-order valence-electron chi connectivity index (χ4n) is 2.40. The number of ether oxygens (including phenoxy) is 1. The summed E-state index contributed by atoms with van der Waals surface area (Å²) in [7, 11) is 0. The number of nitrogens with two attached hydrogens (primary N) is 1. The molecule has 2 rings (SSSR count). The quantitative estimate of drug-likeness (QED) is 0.851. The maximum absolute atomic E-state index is 12.1. The van der Waals surface area contributed by atoms with E-state index in [2.05, 4.69) is 24.3 Å². The summed E-state index contributed by atoms with van der Waals surface area (Å²) in [6.07, 6.45) is 0.587. The summed E-state index contributed by atoms with van der Waals surface area (Å²) in [6, 6.07) is 14.3. The SMILES string of the molecule is CCOC(=O)C(C)(CN)Cc1cccc2ccccc12. The minimum atomic E-state index is -0.680. The van der Waals surface area contributed by atoms with Crippen molar-refractivity contribution in [1.29, 1.82) is 0 Å². The number of carbonyl (C=O) groups excluding carboxylic acids is 1. The van der Waals surface area contributed by atoms with Crippen LogP contribution in [-0.4, -0.2) is 19.1 Å². The van der Waals surface area contributed by atoms with Gasteiger partial charge in [0.1, 0.15) is 0 Å². The molecule has 2 aromatic carbocycles. The second kappa shape index (κ2) is 6.06. The molecule has 2 aromatic rings. The van der Waals surface area contributed by atoms with Crippen LogP contribution in [-0.2, 0) is 16.0 Å². The number of hydrogen-bond donors (Lipinski definition) is 1. The average Bonchev–Trinajstić information content (AvgIpc) is 2.48. The summed E-state index contributed by atoms with van der Waals surface area (Å²) in [5, 5.41) is 2.34. The Balaban J connectivity index is 2.37. The van der Waals surface area contributed by atoms with E-state index in [-0.39, 0.29) is 12.5 Å². The summed E-state index contributed by atoms with van der Waals surface area (Å²) < 4.78 is 5.16. The molecular formula is C17H21NO2. The summed E-state index contributed by atoms with van der Waals surface area (Å²) in [6.45, 7) is 4.33. The first-order chi connectivity index (χ1) is 9.60. The summed E-state index contributed by atoms with van der Waals surface area (Å²) in [5.74, 6) is -0.226. The van der Waals surface area contributed by atoms with Crippen LogP contribution in [0.4, 0.5) is 0 Å². The highest BCUT2D eigenvalue weighted by Crippen LogP contribution is 2.28. The summed E-state index contributed by atoms with van der Waals surface area (Å²) in [4.78, 5) is 12.1. The molecule has 0 aromatic heterocycles. The van der Waals surface area contributed by atoms with E-state index < -0.39 is 5.41 Å². The summed E-state index contributed by atoms with van der Waals surface area (Å²) >= 11 is 0. The van der Waals surface area contributed by atoms with Gasteiger partial charge >= 0.3 is 5.97 Å². The zero-order chi connectivity index (χ0) is 14.6. The average molecular weight is 271 g/mol. The van der Waals surface area contributed by atoms with Crippen LogP contribution in [0.15, 0.2) is 42.5 Å². The van der Waals surface area contributed by atoms with Crippen molar-refractivity contribution in [1.82, 2.24) is 0 Å². The van der Waals surface area contributed by atoms with E-state index in [1.54, 1.807) is 0 Å². The van der Waals surface area contributed by atoms with Crippen LogP contribution in [0.5, 0.6) is 0 Å². The normalized spacial score (nSPS) is 13.9. The van der Waals surface area contributed by atoms with E-state index >= 15 is 0 Å². The van der Waals surface area contributed by atoms with Gasteiger partial charge in [0.25, 0.3) is 0 Å². The van der Waals surface area contributed by atoms with Gasteiger partial charge < -0.3 is 10.5 Å². The second-order valence-electron chi connectivity index (χ2n) is 5.30. The molecule has 0 aliphatic rings. The van der Waals surface area contributed by atoms with Crippen LogP contribution in [0.3, 0.4) is 0 Å². The molecule has 0 aliphatic carbocycles. The van der Waals surface area contributed by atoms with E-state index in [0.717, 1.165) is 5.56 Å². The van der Waals surface area contributed by atoms with Crippen molar-refractivity contribution in [3.8, 4) is 0 Å². The second-order valence-corrected chi connectivity index (χ2v) is 5.30. The molecule has 0 radical (unpaired) electrons. The number of rotatable bonds is 5. The Morgan fingerprint density at radius 3 is 2.60 bits per heavy atom. The molecule has 1 unspecified atom stereocenters.